The van der Waals surface area contributed by atoms with Gasteiger partial charge in [0.05, 0.1) is 39.1 Å². The second-order valence-corrected chi connectivity index (χ2v) is 6.56. The zero-order chi connectivity index (χ0) is 20.1. The van der Waals surface area contributed by atoms with Gasteiger partial charge in [0.2, 0.25) is 5.88 Å². The average Bonchev–Trinajstić information content (AvgIpc) is 3.23. The topological polar surface area (TPSA) is 97.9 Å². The maximum atomic E-state index is 13.8. The molecule has 0 aliphatic carbocycles. The number of hydrogen-bond acceptors (Lipinski definition) is 8. The SMILES string of the molecule is COc1ncc(-c2cc3c(N4CC(O)C(F)(F)C4)ncc(Cl)n3n2)c(OC)n1. The molecule has 1 fully saturated rings. The van der Waals surface area contributed by atoms with Crippen LogP contribution in [0.1, 0.15) is 0 Å². The third-order valence-corrected chi connectivity index (χ3v) is 4.66. The van der Waals surface area contributed by atoms with E-state index in [1.165, 1.54) is 36.0 Å². The van der Waals surface area contributed by atoms with Gasteiger partial charge in [-0.1, -0.05) is 11.6 Å². The summed E-state index contributed by atoms with van der Waals surface area (Å²) in [5.41, 5.74) is 1.26. The number of ether oxygens (including phenoxy) is 2. The van der Waals surface area contributed by atoms with E-state index in [1.807, 2.05) is 0 Å². The van der Waals surface area contributed by atoms with E-state index in [-0.39, 0.29) is 29.4 Å². The minimum absolute atomic E-state index is 0.123. The molecule has 3 aromatic heterocycles. The molecule has 4 heterocycles. The van der Waals surface area contributed by atoms with Crippen LogP contribution in [0.5, 0.6) is 11.9 Å². The van der Waals surface area contributed by atoms with Crippen molar-refractivity contribution < 1.29 is 23.4 Å². The van der Waals surface area contributed by atoms with Crippen molar-refractivity contribution in [2.45, 2.75) is 12.0 Å². The number of fused-ring (bicyclic) bond motifs is 1. The first kappa shape index (κ1) is 18.6. The van der Waals surface area contributed by atoms with Crippen LogP contribution in [0.2, 0.25) is 5.15 Å². The van der Waals surface area contributed by atoms with Gasteiger partial charge in [0.1, 0.15) is 22.5 Å². The van der Waals surface area contributed by atoms with Gasteiger partial charge in [-0.25, -0.2) is 23.3 Å². The number of nitrogens with zero attached hydrogens (tertiary/aromatic N) is 6. The molecule has 0 bridgehead atoms. The molecule has 4 rings (SSSR count). The van der Waals surface area contributed by atoms with Crippen LogP contribution in [0.15, 0.2) is 18.5 Å². The molecule has 148 valence electrons. The first-order chi connectivity index (χ1) is 13.3. The molecule has 3 aromatic rings. The zero-order valence-corrected chi connectivity index (χ0v) is 15.6. The van der Waals surface area contributed by atoms with Crippen molar-refractivity contribution in [2.24, 2.45) is 0 Å². The second-order valence-electron chi connectivity index (χ2n) is 6.17. The summed E-state index contributed by atoms with van der Waals surface area (Å²) in [6, 6.07) is 1.74. The number of aliphatic hydroxyl groups is 1. The summed E-state index contributed by atoms with van der Waals surface area (Å²) >= 11 is 6.18. The quantitative estimate of drug-likeness (QED) is 0.691. The molecule has 9 nitrogen and oxygen atoms in total. The lowest BCUT2D eigenvalue weighted by Gasteiger charge is -2.17. The molecule has 0 aromatic carbocycles. The van der Waals surface area contributed by atoms with Crippen LogP contribution in [0, 0.1) is 0 Å². The normalized spacial score (nSPS) is 18.6. The molecule has 0 saturated carbocycles. The van der Waals surface area contributed by atoms with Crippen molar-refractivity contribution >= 4 is 22.9 Å². The Balaban J connectivity index is 1.83. The summed E-state index contributed by atoms with van der Waals surface area (Å²) in [6.45, 7) is -0.916. The molecule has 0 spiro atoms. The van der Waals surface area contributed by atoms with Crippen LogP contribution in [0.4, 0.5) is 14.6 Å². The molecular formula is C16H15ClF2N6O3. The Morgan fingerprint density at radius 1 is 1.25 bits per heavy atom. The van der Waals surface area contributed by atoms with E-state index in [9.17, 15) is 13.9 Å². The highest BCUT2D eigenvalue weighted by atomic mass is 35.5. The number of alkyl halides is 2. The van der Waals surface area contributed by atoms with Crippen LogP contribution in [0.25, 0.3) is 16.8 Å². The fourth-order valence-corrected chi connectivity index (χ4v) is 3.20. The fourth-order valence-electron chi connectivity index (χ4n) is 3.02. The first-order valence-electron chi connectivity index (χ1n) is 8.14. The monoisotopic (exact) mass is 412 g/mol. The molecule has 1 aliphatic rings. The number of halogens is 3. The van der Waals surface area contributed by atoms with Gasteiger partial charge in [0, 0.05) is 6.20 Å². The highest BCUT2D eigenvalue weighted by Crippen LogP contribution is 2.35. The third kappa shape index (κ3) is 2.96. The molecule has 12 heteroatoms. The Labute approximate surface area is 162 Å². The number of aromatic nitrogens is 5. The smallest absolute Gasteiger partial charge is 0.319 e. The van der Waals surface area contributed by atoms with Crippen LogP contribution >= 0.6 is 11.6 Å². The zero-order valence-electron chi connectivity index (χ0n) is 14.8. The molecule has 1 unspecified atom stereocenters. The molecule has 1 atom stereocenters. The van der Waals surface area contributed by atoms with E-state index in [2.05, 4.69) is 20.1 Å². The van der Waals surface area contributed by atoms with E-state index in [1.54, 1.807) is 6.07 Å². The van der Waals surface area contributed by atoms with Crippen molar-refractivity contribution in [1.29, 1.82) is 0 Å². The van der Waals surface area contributed by atoms with Gasteiger partial charge in [0.25, 0.3) is 5.92 Å². The average molecular weight is 413 g/mol. The summed E-state index contributed by atoms with van der Waals surface area (Å²) in [4.78, 5) is 13.6. The first-order valence-corrected chi connectivity index (χ1v) is 8.52. The lowest BCUT2D eigenvalue weighted by Crippen LogP contribution is -2.31. The highest BCUT2D eigenvalue weighted by Gasteiger charge is 2.48. The van der Waals surface area contributed by atoms with E-state index >= 15 is 0 Å². The number of methoxy groups -OCH3 is 2. The highest BCUT2D eigenvalue weighted by molar-refractivity contribution is 6.29. The molecule has 1 aliphatic heterocycles. The largest absolute Gasteiger partial charge is 0.480 e. The Morgan fingerprint density at radius 2 is 2.04 bits per heavy atom. The summed E-state index contributed by atoms with van der Waals surface area (Å²) in [7, 11) is 2.87. The van der Waals surface area contributed by atoms with E-state index in [4.69, 9.17) is 21.1 Å². The van der Waals surface area contributed by atoms with Gasteiger partial charge < -0.3 is 19.5 Å². The molecule has 0 radical (unpaired) electrons. The maximum Gasteiger partial charge on any atom is 0.319 e. The Hall–Kier alpha value is -2.79. The number of aliphatic hydroxyl groups excluding tert-OH is 1. The van der Waals surface area contributed by atoms with Gasteiger partial charge in [-0.15, -0.1) is 0 Å². The Bertz CT molecular complexity index is 1050. The van der Waals surface area contributed by atoms with Gasteiger partial charge in [-0.05, 0) is 6.07 Å². The van der Waals surface area contributed by atoms with Gasteiger partial charge in [-0.2, -0.15) is 10.1 Å². The summed E-state index contributed by atoms with van der Waals surface area (Å²) in [5.74, 6) is -2.77. The molecular weight excluding hydrogens is 398 g/mol. The van der Waals surface area contributed by atoms with Gasteiger partial charge >= 0.3 is 6.01 Å². The minimum atomic E-state index is -3.23. The number of β-amino-alcohol motifs (C(OH)–C–C–N with tert-alkyl or cyclic N) is 1. The number of rotatable bonds is 4. The van der Waals surface area contributed by atoms with Crippen molar-refractivity contribution in [2.75, 3.05) is 32.2 Å². The van der Waals surface area contributed by atoms with Gasteiger partial charge in [-0.3, -0.25) is 0 Å². The van der Waals surface area contributed by atoms with E-state index in [0.29, 0.717) is 16.8 Å². The lowest BCUT2D eigenvalue weighted by atomic mass is 10.2. The predicted octanol–water partition coefficient (Wildman–Crippen LogP) is 1.67. The van der Waals surface area contributed by atoms with Crippen molar-refractivity contribution in [1.82, 2.24) is 24.6 Å². The van der Waals surface area contributed by atoms with Crippen LogP contribution in [-0.2, 0) is 0 Å². The standard InChI is InChI=1S/C16H15ClF2N6O3/c1-27-14-8(4-21-15(22-14)28-2)9-3-10-13(20-5-12(17)25(10)23-9)24-6-11(26)16(18,19)7-24/h3-5,11,26H,6-7H2,1-2H3. The third-order valence-electron chi connectivity index (χ3n) is 4.40. The minimum Gasteiger partial charge on any atom is -0.480 e. The number of hydrogen-bond donors (Lipinski definition) is 1. The Morgan fingerprint density at radius 3 is 2.68 bits per heavy atom. The Kier molecular flexibility index (Phi) is 4.42. The molecule has 1 N–H and O–H groups in total. The van der Waals surface area contributed by atoms with Crippen molar-refractivity contribution in [3.63, 3.8) is 0 Å². The van der Waals surface area contributed by atoms with Crippen LogP contribution in [0.3, 0.4) is 0 Å². The van der Waals surface area contributed by atoms with Crippen LogP contribution in [-0.4, -0.2) is 69.0 Å². The second kappa shape index (κ2) is 6.67. The van der Waals surface area contributed by atoms with E-state index in [0.717, 1.165) is 0 Å². The predicted molar refractivity (Wildman–Crippen MR) is 95.3 cm³/mol. The molecule has 0 amide bonds. The van der Waals surface area contributed by atoms with Crippen LogP contribution < -0.4 is 14.4 Å². The lowest BCUT2D eigenvalue weighted by molar-refractivity contribution is -0.0712. The maximum absolute atomic E-state index is 13.8. The molecule has 28 heavy (non-hydrogen) atoms. The van der Waals surface area contributed by atoms with E-state index < -0.39 is 18.6 Å². The van der Waals surface area contributed by atoms with Crippen molar-refractivity contribution in [3.05, 3.63) is 23.6 Å². The summed E-state index contributed by atoms with van der Waals surface area (Å²) < 4.78 is 39.2. The summed E-state index contributed by atoms with van der Waals surface area (Å²) in [5, 5.41) is 14.2. The summed E-state index contributed by atoms with van der Waals surface area (Å²) in [6.07, 6.45) is 1.01. The number of anilines is 1. The fraction of sp³-hybridized carbons (Fsp3) is 0.375. The van der Waals surface area contributed by atoms with Gasteiger partial charge in [0.15, 0.2) is 5.82 Å². The van der Waals surface area contributed by atoms with Crippen molar-refractivity contribution in [3.8, 4) is 23.1 Å². The molecule has 1 saturated heterocycles.